The van der Waals surface area contributed by atoms with E-state index in [1.54, 1.807) is 7.11 Å². The molecule has 1 N–H and O–H groups in total. The van der Waals surface area contributed by atoms with E-state index >= 15 is 0 Å². The number of hydrogen-bond acceptors (Lipinski definition) is 2. The van der Waals surface area contributed by atoms with Crippen molar-refractivity contribution in [2.45, 2.75) is 38.5 Å². The van der Waals surface area contributed by atoms with Crippen molar-refractivity contribution in [2.75, 3.05) is 20.3 Å². The highest BCUT2D eigenvalue weighted by Gasteiger charge is 2.50. The van der Waals surface area contributed by atoms with Crippen LogP contribution in [0.15, 0.2) is 0 Å². The van der Waals surface area contributed by atoms with Gasteiger partial charge >= 0.3 is 0 Å². The molecule has 4 rings (SSSR count). The van der Waals surface area contributed by atoms with Crippen molar-refractivity contribution in [3.05, 3.63) is 0 Å². The minimum absolute atomic E-state index is 0.333. The van der Waals surface area contributed by atoms with Crippen LogP contribution in [0.2, 0.25) is 0 Å². The lowest BCUT2D eigenvalue weighted by molar-refractivity contribution is -0.138. The molecule has 4 fully saturated rings. The van der Waals surface area contributed by atoms with Crippen molar-refractivity contribution in [3.63, 3.8) is 0 Å². The van der Waals surface area contributed by atoms with E-state index in [1.807, 2.05) is 0 Å². The quantitative estimate of drug-likeness (QED) is 0.761. The predicted molar refractivity (Wildman–Crippen MR) is 70.0 cm³/mol. The highest BCUT2D eigenvalue weighted by atomic mass is 16.5. The fourth-order valence-corrected chi connectivity index (χ4v) is 4.90. The van der Waals surface area contributed by atoms with Crippen LogP contribution in [0.1, 0.15) is 38.5 Å². The van der Waals surface area contributed by atoms with Gasteiger partial charge in [0.2, 0.25) is 5.91 Å². The van der Waals surface area contributed by atoms with Gasteiger partial charge in [0.25, 0.3) is 0 Å². The van der Waals surface area contributed by atoms with Gasteiger partial charge in [0.1, 0.15) is 0 Å². The van der Waals surface area contributed by atoms with Crippen LogP contribution in [0.5, 0.6) is 0 Å². The molecule has 0 heterocycles. The molecule has 1 amide bonds. The second-order valence-electron chi connectivity index (χ2n) is 6.59. The SMILES string of the molecule is COCCCNC(=O)C1C2CC3CC(C2)CC1C3. The normalized spacial score (nSPS) is 41.1. The van der Waals surface area contributed by atoms with Crippen molar-refractivity contribution in [1.82, 2.24) is 5.32 Å². The molecule has 0 unspecified atom stereocenters. The largest absolute Gasteiger partial charge is 0.385 e. The first-order valence-corrected chi connectivity index (χ1v) is 7.54. The molecule has 0 aromatic carbocycles. The fraction of sp³-hybridized carbons (Fsp3) is 0.933. The Balaban J connectivity index is 1.54. The lowest BCUT2D eigenvalue weighted by Crippen LogP contribution is -2.51. The van der Waals surface area contributed by atoms with Gasteiger partial charge in [0, 0.05) is 26.2 Å². The minimum atomic E-state index is 0.333. The third-order valence-corrected chi connectivity index (χ3v) is 5.35. The number of carbonyl (C=O) groups excluding carboxylic acids is 1. The molecule has 0 spiro atoms. The summed E-state index contributed by atoms with van der Waals surface area (Å²) in [7, 11) is 1.71. The number of hydrogen-bond donors (Lipinski definition) is 1. The zero-order valence-corrected chi connectivity index (χ0v) is 11.4. The number of amides is 1. The molecule has 0 radical (unpaired) electrons. The van der Waals surface area contributed by atoms with Crippen LogP contribution in [0.4, 0.5) is 0 Å². The molecule has 0 aromatic rings. The lowest BCUT2D eigenvalue weighted by Gasteiger charge is -2.53. The van der Waals surface area contributed by atoms with Crippen LogP contribution >= 0.6 is 0 Å². The number of ether oxygens (including phenoxy) is 1. The lowest BCUT2D eigenvalue weighted by atomic mass is 9.51. The molecule has 102 valence electrons. The van der Waals surface area contributed by atoms with E-state index in [0.29, 0.717) is 23.7 Å². The first-order chi connectivity index (χ1) is 8.78. The molecule has 0 aliphatic heterocycles. The topological polar surface area (TPSA) is 38.3 Å². The molecular formula is C15H25NO2. The zero-order valence-electron chi connectivity index (χ0n) is 11.4. The maximum atomic E-state index is 12.3. The molecule has 0 aromatic heterocycles. The van der Waals surface area contributed by atoms with E-state index in [0.717, 1.165) is 31.4 Å². The third kappa shape index (κ3) is 2.29. The van der Waals surface area contributed by atoms with Crippen molar-refractivity contribution in [2.24, 2.45) is 29.6 Å². The molecule has 4 aliphatic rings. The minimum Gasteiger partial charge on any atom is -0.385 e. The summed E-state index contributed by atoms with van der Waals surface area (Å²) in [6.07, 6.45) is 7.67. The van der Waals surface area contributed by atoms with Gasteiger partial charge in [-0.05, 0) is 62.2 Å². The maximum absolute atomic E-state index is 12.3. The average Bonchev–Trinajstić information content (AvgIpc) is 2.33. The molecule has 3 heteroatoms. The predicted octanol–water partition coefficient (Wildman–Crippen LogP) is 2.21. The highest BCUT2D eigenvalue weighted by Crippen LogP contribution is 2.56. The van der Waals surface area contributed by atoms with E-state index < -0.39 is 0 Å². The third-order valence-electron chi connectivity index (χ3n) is 5.35. The summed E-state index contributed by atoms with van der Waals surface area (Å²) in [6, 6.07) is 0. The summed E-state index contributed by atoms with van der Waals surface area (Å²) in [5.41, 5.74) is 0. The van der Waals surface area contributed by atoms with E-state index in [4.69, 9.17) is 4.74 Å². The first kappa shape index (κ1) is 12.5. The monoisotopic (exact) mass is 251 g/mol. The Hall–Kier alpha value is -0.570. The van der Waals surface area contributed by atoms with Gasteiger partial charge in [0.05, 0.1) is 0 Å². The maximum Gasteiger partial charge on any atom is 0.223 e. The average molecular weight is 251 g/mol. The van der Waals surface area contributed by atoms with Gasteiger partial charge in [-0.15, -0.1) is 0 Å². The Kier molecular flexibility index (Phi) is 3.60. The van der Waals surface area contributed by atoms with Crippen LogP contribution in [0.25, 0.3) is 0 Å². The summed E-state index contributed by atoms with van der Waals surface area (Å²) in [5, 5.41) is 3.13. The zero-order chi connectivity index (χ0) is 12.5. The van der Waals surface area contributed by atoms with E-state index in [1.165, 1.54) is 32.1 Å². The van der Waals surface area contributed by atoms with Gasteiger partial charge in [-0.25, -0.2) is 0 Å². The second-order valence-corrected chi connectivity index (χ2v) is 6.59. The van der Waals surface area contributed by atoms with Gasteiger partial charge in [-0.2, -0.15) is 0 Å². The Bertz CT molecular complexity index is 288. The van der Waals surface area contributed by atoms with Crippen LogP contribution < -0.4 is 5.32 Å². The summed E-state index contributed by atoms with van der Waals surface area (Å²) in [4.78, 5) is 12.3. The summed E-state index contributed by atoms with van der Waals surface area (Å²) < 4.78 is 5.01. The van der Waals surface area contributed by atoms with Crippen molar-refractivity contribution in [1.29, 1.82) is 0 Å². The number of methoxy groups -OCH3 is 1. The first-order valence-electron chi connectivity index (χ1n) is 7.54. The van der Waals surface area contributed by atoms with Crippen LogP contribution in [-0.2, 0) is 9.53 Å². The fourth-order valence-electron chi connectivity index (χ4n) is 4.90. The Morgan fingerprint density at radius 2 is 1.72 bits per heavy atom. The smallest absolute Gasteiger partial charge is 0.223 e. The van der Waals surface area contributed by atoms with E-state index in [9.17, 15) is 4.79 Å². The number of nitrogens with one attached hydrogen (secondary N) is 1. The Labute approximate surface area is 110 Å². The molecule has 3 nitrogen and oxygen atoms in total. The number of carbonyl (C=O) groups is 1. The summed E-state index contributed by atoms with van der Waals surface area (Å²) in [6.45, 7) is 1.51. The second kappa shape index (κ2) is 5.20. The van der Waals surface area contributed by atoms with Crippen LogP contribution in [-0.4, -0.2) is 26.2 Å². The summed E-state index contributed by atoms with van der Waals surface area (Å²) >= 11 is 0. The van der Waals surface area contributed by atoms with Crippen molar-refractivity contribution in [3.8, 4) is 0 Å². The van der Waals surface area contributed by atoms with Gasteiger partial charge in [-0.3, -0.25) is 4.79 Å². The van der Waals surface area contributed by atoms with Gasteiger partial charge < -0.3 is 10.1 Å². The van der Waals surface area contributed by atoms with Crippen LogP contribution in [0.3, 0.4) is 0 Å². The molecule has 4 saturated carbocycles. The van der Waals surface area contributed by atoms with Crippen LogP contribution in [0, 0.1) is 29.6 Å². The molecule has 0 atom stereocenters. The van der Waals surface area contributed by atoms with Crippen molar-refractivity contribution < 1.29 is 9.53 Å². The Morgan fingerprint density at radius 1 is 1.11 bits per heavy atom. The van der Waals surface area contributed by atoms with E-state index in [2.05, 4.69) is 5.32 Å². The summed E-state index contributed by atoms with van der Waals surface area (Å²) in [5.74, 6) is 3.96. The number of rotatable bonds is 5. The van der Waals surface area contributed by atoms with Gasteiger partial charge in [-0.1, -0.05) is 0 Å². The molecule has 4 bridgehead atoms. The Morgan fingerprint density at radius 3 is 2.28 bits per heavy atom. The van der Waals surface area contributed by atoms with E-state index in [-0.39, 0.29) is 0 Å². The molecule has 4 aliphatic carbocycles. The molecule has 0 saturated heterocycles. The molecule has 18 heavy (non-hydrogen) atoms. The van der Waals surface area contributed by atoms with Crippen molar-refractivity contribution >= 4 is 5.91 Å². The molecular weight excluding hydrogens is 226 g/mol. The highest BCUT2D eigenvalue weighted by molar-refractivity contribution is 5.79. The van der Waals surface area contributed by atoms with Gasteiger partial charge in [0.15, 0.2) is 0 Å². The standard InChI is InChI=1S/C15H25NO2/c1-18-4-2-3-16-15(17)14-12-6-10-5-11(8-12)9-13(14)7-10/h10-14H,2-9H2,1H3,(H,16,17).